The lowest BCUT2D eigenvalue weighted by atomic mass is 10.0. The van der Waals surface area contributed by atoms with E-state index in [4.69, 9.17) is 9.47 Å². The van der Waals surface area contributed by atoms with Gasteiger partial charge in [0.25, 0.3) is 0 Å². The van der Waals surface area contributed by atoms with E-state index >= 15 is 0 Å². The first kappa shape index (κ1) is 14.8. The fourth-order valence-electron chi connectivity index (χ4n) is 2.69. The number of hydrogen-bond donors (Lipinski definition) is 0. The zero-order chi connectivity index (χ0) is 14.5. The van der Waals surface area contributed by atoms with Gasteiger partial charge in [-0.15, -0.1) is 0 Å². The minimum Gasteiger partial charge on any atom is -0.459 e. The van der Waals surface area contributed by atoms with Crippen molar-refractivity contribution in [2.24, 2.45) is 0 Å². The van der Waals surface area contributed by atoms with Crippen molar-refractivity contribution in [3.8, 4) is 0 Å². The predicted octanol–water partition coefficient (Wildman–Crippen LogP) is 3.07. The smallest absolute Gasteiger partial charge is 0.333 e. The van der Waals surface area contributed by atoms with Crippen molar-refractivity contribution in [3.63, 3.8) is 0 Å². The molecule has 20 heavy (non-hydrogen) atoms. The Morgan fingerprint density at radius 1 is 0.800 bits per heavy atom. The lowest BCUT2D eigenvalue weighted by molar-refractivity contribution is -0.140. The number of cyclic esters (lactones) is 2. The summed E-state index contributed by atoms with van der Waals surface area (Å²) in [7, 11) is 0. The van der Waals surface area contributed by atoms with Crippen molar-refractivity contribution in [1.82, 2.24) is 0 Å². The number of unbranched alkanes of at least 4 members (excludes halogenated alkanes) is 3. The molecule has 0 aromatic heterocycles. The Morgan fingerprint density at radius 3 is 1.50 bits per heavy atom. The Balaban J connectivity index is 1.48. The fourth-order valence-corrected chi connectivity index (χ4v) is 2.69. The molecule has 0 bridgehead atoms. The quantitative estimate of drug-likeness (QED) is 0.408. The Hall–Kier alpha value is -1.58. The molecule has 0 spiro atoms. The van der Waals surface area contributed by atoms with E-state index in [-0.39, 0.29) is 24.1 Å². The highest BCUT2D eigenvalue weighted by Crippen LogP contribution is 2.25. The second-order valence-electron chi connectivity index (χ2n) is 5.66. The third-order valence-corrected chi connectivity index (χ3v) is 3.88. The summed E-state index contributed by atoms with van der Waals surface area (Å²) in [4.78, 5) is 22.3. The van der Waals surface area contributed by atoms with Gasteiger partial charge in [0.2, 0.25) is 0 Å². The van der Waals surface area contributed by atoms with Crippen molar-refractivity contribution < 1.29 is 19.1 Å². The van der Waals surface area contributed by atoms with Gasteiger partial charge in [-0.25, -0.2) is 9.59 Å². The van der Waals surface area contributed by atoms with Gasteiger partial charge in [-0.2, -0.15) is 0 Å². The van der Waals surface area contributed by atoms with Crippen LogP contribution in [0.4, 0.5) is 0 Å². The summed E-state index contributed by atoms with van der Waals surface area (Å²) in [6, 6.07) is 0. The van der Waals surface area contributed by atoms with Crippen LogP contribution in [0.3, 0.4) is 0 Å². The van der Waals surface area contributed by atoms with Crippen LogP contribution in [0.2, 0.25) is 0 Å². The number of carbonyl (C=O) groups is 2. The summed E-state index contributed by atoms with van der Waals surface area (Å²) in [6.45, 7) is 7.35. The molecule has 0 unspecified atom stereocenters. The van der Waals surface area contributed by atoms with Crippen LogP contribution in [0.1, 0.15) is 51.4 Å². The molecule has 0 amide bonds. The van der Waals surface area contributed by atoms with Crippen molar-refractivity contribution in [2.45, 2.75) is 63.6 Å². The lowest BCUT2D eigenvalue weighted by Gasteiger charge is -2.09. The van der Waals surface area contributed by atoms with Crippen LogP contribution in [-0.2, 0) is 19.1 Å². The summed E-state index contributed by atoms with van der Waals surface area (Å²) in [5.74, 6) is -0.475. The molecule has 0 radical (unpaired) electrons. The fraction of sp³-hybridized carbons (Fsp3) is 0.625. The van der Waals surface area contributed by atoms with Gasteiger partial charge in [0.15, 0.2) is 0 Å². The van der Waals surface area contributed by atoms with Gasteiger partial charge in [0, 0.05) is 24.0 Å². The zero-order valence-corrected chi connectivity index (χ0v) is 11.9. The summed E-state index contributed by atoms with van der Waals surface area (Å²) < 4.78 is 10.4. The molecule has 2 aliphatic rings. The normalized spacial score (nSPS) is 26.0. The molecule has 2 fully saturated rings. The van der Waals surface area contributed by atoms with Crippen LogP contribution in [0, 0.1) is 0 Å². The van der Waals surface area contributed by atoms with Crippen molar-refractivity contribution in [2.75, 3.05) is 0 Å². The number of hydrogen-bond acceptors (Lipinski definition) is 4. The highest BCUT2D eigenvalue weighted by Gasteiger charge is 2.27. The molecule has 2 rings (SSSR count). The van der Waals surface area contributed by atoms with Gasteiger partial charge < -0.3 is 9.47 Å². The Morgan fingerprint density at radius 2 is 1.20 bits per heavy atom. The SMILES string of the molecule is C=C1C[C@@H](CCCCCC[C@H]2CC(=C)C(=O)O2)OC1=O. The molecule has 2 heterocycles. The molecule has 4 nitrogen and oxygen atoms in total. The topological polar surface area (TPSA) is 52.6 Å². The average molecular weight is 278 g/mol. The molecule has 4 heteroatoms. The van der Waals surface area contributed by atoms with Gasteiger partial charge in [0.1, 0.15) is 12.2 Å². The first-order chi connectivity index (χ1) is 9.56. The molecule has 110 valence electrons. The molecular weight excluding hydrogens is 256 g/mol. The zero-order valence-electron chi connectivity index (χ0n) is 11.9. The molecule has 2 saturated heterocycles. The van der Waals surface area contributed by atoms with E-state index in [1.807, 2.05) is 0 Å². The van der Waals surface area contributed by atoms with Gasteiger partial charge in [-0.1, -0.05) is 26.0 Å². The Labute approximate surface area is 119 Å². The maximum Gasteiger partial charge on any atom is 0.333 e. The highest BCUT2D eigenvalue weighted by molar-refractivity contribution is 5.90. The van der Waals surface area contributed by atoms with Crippen molar-refractivity contribution in [1.29, 1.82) is 0 Å². The van der Waals surface area contributed by atoms with Gasteiger partial charge in [-0.3, -0.25) is 0 Å². The average Bonchev–Trinajstić information content (AvgIpc) is 2.88. The number of ether oxygens (including phenoxy) is 2. The van der Waals surface area contributed by atoms with Crippen LogP contribution < -0.4 is 0 Å². The van der Waals surface area contributed by atoms with E-state index in [2.05, 4.69) is 13.2 Å². The first-order valence-electron chi connectivity index (χ1n) is 7.34. The van der Waals surface area contributed by atoms with E-state index in [9.17, 15) is 9.59 Å². The molecule has 2 atom stereocenters. The monoisotopic (exact) mass is 278 g/mol. The molecule has 2 aliphatic heterocycles. The second kappa shape index (κ2) is 6.73. The summed E-state index contributed by atoms with van der Waals surface area (Å²) in [6.07, 6.45) is 7.61. The number of rotatable bonds is 7. The number of carbonyl (C=O) groups excluding carboxylic acids is 2. The molecule has 0 aromatic rings. The van der Waals surface area contributed by atoms with Crippen molar-refractivity contribution in [3.05, 3.63) is 24.3 Å². The lowest BCUT2D eigenvalue weighted by Crippen LogP contribution is -2.07. The Kier molecular flexibility index (Phi) is 4.99. The van der Waals surface area contributed by atoms with Crippen LogP contribution in [0.5, 0.6) is 0 Å². The summed E-state index contributed by atoms with van der Waals surface area (Å²) >= 11 is 0. The minimum absolute atomic E-state index is 0.0362. The maximum atomic E-state index is 11.1. The Bertz CT molecular complexity index is 352. The first-order valence-corrected chi connectivity index (χ1v) is 7.34. The molecule has 0 saturated carbocycles. The van der Waals surface area contributed by atoms with E-state index in [0.717, 1.165) is 38.5 Å². The molecule has 0 aromatic carbocycles. The summed E-state index contributed by atoms with van der Waals surface area (Å²) in [5.41, 5.74) is 1.19. The standard InChI is InChI=1S/C16H22O4/c1-11-9-13(19-15(11)17)7-5-3-4-6-8-14-10-12(2)16(18)20-14/h13-14H,1-10H2/t13-,14+. The highest BCUT2D eigenvalue weighted by atomic mass is 16.6. The molecule has 0 N–H and O–H groups in total. The minimum atomic E-state index is -0.238. The van der Waals surface area contributed by atoms with E-state index in [1.54, 1.807) is 0 Å². The van der Waals surface area contributed by atoms with E-state index < -0.39 is 0 Å². The maximum absolute atomic E-state index is 11.1. The van der Waals surface area contributed by atoms with Crippen molar-refractivity contribution >= 4 is 11.9 Å². The van der Waals surface area contributed by atoms with Crippen LogP contribution in [-0.4, -0.2) is 24.1 Å². The van der Waals surface area contributed by atoms with Gasteiger partial charge in [0.05, 0.1) is 0 Å². The van der Waals surface area contributed by atoms with Crippen LogP contribution in [0.15, 0.2) is 24.3 Å². The predicted molar refractivity (Wildman–Crippen MR) is 75.0 cm³/mol. The largest absolute Gasteiger partial charge is 0.459 e. The van der Waals surface area contributed by atoms with E-state index in [1.165, 1.54) is 0 Å². The third kappa shape index (κ3) is 3.95. The number of esters is 2. The van der Waals surface area contributed by atoms with Crippen LogP contribution >= 0.6 is 0 Å². The van der Waals surface area contributed by atoms with Gasteiger partial charge in [-0.05, 0) is 25.7 Å². The summed E-state index contributed by atoms with van der Waals surface area (Å²) in [5, 5.41) is 0. The van der Waals surface area contributed by atoms with E-state index in [0.29, 0.717) is 24.0 Å². The third-order valence-electron chi connectivity index (χ3n) is 3.88. The molecule has 0 aliphatic carbocycles. The van der Waals surface area contributed by atoms with Gasteiger partial charge >= 0.3 is 11.9 Å². The molecular formula is C16H22O4. The second-order valence-corrected chi connectivity index (χ2v) is 5.66. The van der Waals surface area contributed by atoms with Crippen LogP contribution in [0.25, 0.3) is 0 Å².